The Morgan fingerprint density at radius 3 is 2.63 bits per heavy atom. The van der Waals surface area contributed by atoms with Crippen LogP contribution < -0.4 is 10.6 Å². The van der Waals surface area contributed by atoms with Crippen LogP contribution in [0.1, 0.15) is 59.3 Å². The molecule has 0 aromatic carbocycles. The molecule has 3 heteroatoms. The molecule has 0 radical (unpaired) electrons. The molecule has 0 saturated heterocycles. The molecular formula is C16H30N2O. The molecule has 0 aromatic rings. The Hall–Kier alpha value is -0.570. The van der Waals surface area contributed by atoms with Gasteiger partial charge in [0.1, 0.15) is 0 Å². The minimum Gasteiger partial charge on any atom is -0.353 e. The van der Waals surface area contributed by atoms with E-state index in [9.17, 15) is 4.79 Å². The van der Waals surface area contributed by atoms with Crippen LogP contribution in [0.3, 0.4) is 0 Å². The van der Waals surface area contributed by atoms with Gasteiger partial charge < -0.3 is 10.6 Å². The van der Waals surface area contributed by atoms with E-state index < -0.39 is 0 Å². The zero-order valence-corrected chi connectivity index (χ0v) is 12.7. The van der Waals surface area contributed by atoms with Crippen molar-refractivity contribution in [1.29, 1.82) is 0 Å². The number of hydrogen-bond acceptors (Lipinski definition) is 2. The molecular weight excluding hydrogens is 236 g/mol. The van der Waals surface area contributed by atoms with Crippen LogP contribution in [-0.2, 0) is 4.79 Å². The number of amides is 1. The highest BCUT2D eigenvalue weighted by Gasteiger charge is 2.41. The summed E-state index contributed by atoms with van der Waals surface area (Å²) in [6.07, 6.45) is 7.87. The number of nitrogens with one attached hydrogen (secondary N) is 2. The summed E-state index contributed by atoms with van der Waals surface area (Å²) in [4.78, 5) is 11.8. The maximum absolute atomic E-state index is 11.8. The number of carbonyl (C=O) groups is 1. The Kier molecular flexibility index (Phi) is 5.26. The normalized spacial score (nSPS) is 32.3. The highest BCUT2D eigenvalue weighted by molar-refractivity contribution is 5.78. The minimum atomic E-state index is 0.149. The third-order valence-electron chi connectivity index (χ3n) is 5.15. The van der Waals surface area contributed by atoms with E-state index in [2.05, 4.69) is 31.4 Å². The van der Waals surface area contributed by atoms with Crippen LogP contribution in [0.4, 0.5) is 0 Å². The van der Waals surface area contributed by atoms with Crippen LogP contribution in [0, 0.1) is 17.8 Å². The van der Waals surface area contributed by atoms with Gasteiger partial charge in [0, 0.05) is 12.1 Å². The molecule has 0 aromatic heterocycles. The van der Waals surface area contributed by atoms with Crippen molar-refractivity contribution in [2.45, 2.75) is 71.4 Å². The molecule has 2 bridgehead atoms. The average molecular weight is 266 g/mol. The van der Waals surface area contributed by atoms with Crippen molar-refractivity contribution in [3.05, 3.63) is 0 Å². The second-order valence-electron chi connectivity index (χ2n) is 6.77. The molecule has 110 valence electrons. The smallest absolute Gasteiger partial charge is 0.234 e. The zero-order chi connectivity index (χ0) is 13.8. The molecule has 0 heterocycles. The van der Waals surface area contributed by atoms with Gasteiger partial charge in [-0.15, -0.1) is 0 Å². The van der Waals surface area contributed by atoms with Crippen molar-refractivity contribution in [3.8, 4) is 0 Å². The molecule has 3 nitrogen and oxygen atoms in total. The van der Waals surface area contributed by atoms with Gasteiger partial charge in [0.2, 0.25) is 5.91 Å². The average Bonchev–Trinajstić information content (AvgIpc) is 2.98. The Morgan fingerprint density at radius 2 is 2.05 bits per heavy atom. The van der Waals surface area contributed by atoms with Gasteiger partial charge in [-0.25, -0.2) is 0 Å². The van der Waals surface area contributed by atoms with Crippen molar-refractivity contribution in [2.75, 3.05) is 6.54 Å². The lowest BCUT2D eigenvalue weighted by atomic mass is 9.84. The minimum absolute atomic E-state index is 0.149. The van der Waals surface area contributed by atoms with Gasteiger partial charge in [-0.2, -0.15) is 0 Å². The molecule has 5 unspecified atom stereocenters. The summed E-state index contributed by atoms with van der Waals surface area (Å²) < 4.78 is 0. The lowest BCUT2D eigenvalue weighted by molar-refractivity contribution is -0.121. The van der Waals surface area contributed by atoms with Crippen LogP contribution in [0.5, 0.6) is 0 Å². The molecule has 2 fully saturated rings. The Balaban J connectivity index is 1.66. The van der Waals surface area contributed by atoms with Crippen LogP contribution in [0.2, 0.25) is 0 Å². The van der Waals surface area contributed by atoms with Crippen molar-refractivity contribution < 1.29 is 4.79 Å². The van der Waals surface area contributed by atoms with Crippen LogP contribution in [0.25, 0.3) is 0 Å². The second kappa shape index (κ2) is 6.74. The highest BCUT2D eigenvalue weighted by atomic mass is 16.1. The third kappa shape index (κ3) is 3.95. The topological polar surface area (TPSA) is 41.1 Å². The summed E-state index contributed by atoms with van der Waals surface area (Å²) in [5, 5.41) is 6.50. The van der Waals surface area contributed by atoms with E-state index in [1.54, 1.807) is 0 Å². The quantitative estimate of drug-likeness (QED) is 0.744. The molecule has 19 heavy (non-hydrogen) atoms. The highest BCUT2D eigenvalue weighted by Crippen LogP contribution is 2.49. The summed E-state index contributed by atoms with van der Waals surface area (Å²) in [7, 11) is 0. The van der Waals surface area contributed by atoms with E-state index in [0.29, 0.717) is 18.6 Å². The number of carbonyl (C=O) groups excluding carboxylic acids is 1. The fourth-order valence-corrected chi connectivity index (χ4v) is 4.14. The lowest BCUT2D eigenvalue weighted by Gasteiger charge is -2.28. The summed E-state index contributed by atoms with van der Waals surface area (Å²) in [6, 6.07) is 0.791. The van der Waals surface area contributed by atoms with Crippen molar-refractivity contribution in [1.82, 2.24) is 10.6 Å². The first-order valence-corrected chi connectivity index (χ1v) is 8.12. The molecule has 2 rings (SSSR count). The Labute approximate surface area is 117 Å². The van der Waals surface area contributed by atoms with E-state index in [1.807, 2.05) is 0 Å². The molecule has 0 spiro atoms. The molecule has 0 aliphatic heterocycles. The number of rotatable bonds is 7. The van der Waals surface area contributed by atoms with Crippen LogP contribution >= 0.6 is 0 Å². The third-order valence-corrected chi connectivity index (χ3v) is 5.15. The number of fused-ring (bicyclic) bond motifs is 2. The summed E-state index contributed by atoms with van der Waals surface area (Å²) in [6.45, 7) is 6.97. The van der Waals surface area contributed by atoms with E-state index in [0.717, 1.165) is 30.6 Å². The first kappa shape index (κ1) is 14.8. The summed E-state index contributed by atoms with van der Waals surface area (Å²) >= 11 is 0. The fourth-order valence-electron chi connectivity index (χ4n) is 4.14. The van der Waals surface area contributed by atoms with Crippen LogP contribution in [-0.4, -0.2) is 24.5 Å². The van der Waals surface area contributed by atoms with Gasteiger partial charge in [0.25, 0.3) is 0 Å². The van der Waals surface area contributed by atoms with Gasteiger partial charge in [0.15, 0.2) is 0 Å². The first-order valence-electron chi connectivity index (χ1n) is 8.12. The van der Waals surface area contributed by atoms with Gasteiger partial charge in [0.05, 0.1) is 6.54 Å². The predicted molar refractivity (Wildman–Crippen MR) is 78.9 cm³/mol. The lowest BCUT2D eigenvalue weighted by Crippen LogP contribution is -2.44. The Bertz CT molecular complexity index is 305. The molecule has 2 aliphatic rings. The number of hydrogen-bond donors (Lipinski definition) is 2. The standard InChI is InChI=1S/C16H30N2O/c1-4-5-11(2)18-16(19)10-17-12(3)15-9-13-6-7-14(15)8-13/h11-15,17H,4-10H2,1-3H3,(H,18,19). The summed E-state index contributed by atoms with van der Waals surface area (Å²) in [5.41, 5.74) is 0. The SMILES string of the molecule is CCCC(C)NC(=O)CNC(C)C1CC2CCC1C2. The zero-order valence-electron chi connectivity index (χ0n) is 12.7. The van der Waals surface area contributed by atoms with E-state index in [-0.39, 0.29) is 5.91 Å². The maximum atomic E-state index is 11.8. The Morgan fingerprint density at radius 1 is 1.26 bits per heavy atom. The largest absolute Gasteiger partial charge is 0.353 e. The molecule has 1 amide bonds. The molecule has 2 N–H and O–H groups in total. The van der Waals surface area contributed by atoms with E-state index >= 15 is 0 Å². The first-order chi connectivity index (χ1) is 9.10. The molecule has 5 atom stereocenters. The monoisotopic (exact) mass is 266 g/mol. The van der Waals surface area contributed by atoms with Gasteiger partial charge >= 0.3 is 0 Å². The van der Waals surface area contributed by atoms with Crippen molar-refractivity contribution >= 4 is 5.91 Å². The summed E-state index contributed by atoms with van der Waals surface area (Å²) in [5.74, 6) is 2.86. The van der Waals surface area contributed by atoms with Gasteiger partial charge in [-0.3, -0.25) is 4.79 Å². The van der Waals surface area contributed by atoms with E-state index in [1.165, 1.54) is 25.7 Å². The molecule has 2 saturated carbocycles. The van der Waals surface area contributed by atoms with Gasteiger partial charge in [-0.05, 0) is 57.3 Å². The second-order valence-corrected chi connectivity index (χ2v) is 6.77. The van der Waals surface area contributed by atoms with Gasteiger partial charge in [-0.1, -0.05) is 19.8 Å². The van der Waals surface area contributed by atoms with Crippen molar-refractivity contribution in [2.24, 2.45) is 17.8 Å². The maximum Gasteiger partial charge on any atom is 0.234 e. The van der Waals surface area contributed by atoms with E-state index in [4.69, 9.17) is 0 Å². The van der Waals surface area contributed by atoms with Crippen LogP contribution in [0.15, 0.2) is 0 Å². The molecule has 2 aliphatic carbocycles. The van der Waals surface area contributed by atoms with Crippen molar-refractivity contribution in [3.63, 3.8) is 0 Å². The fraction of sp³-hybridized carbons (Fsp3) is 0.938. The predicted octanol–water partition coefficient (Wildman–Crippen LogP) is 2.71.